The molecule has 0 bridgehead atoms. The molecule has 1 fully saturated rings. The molecule has 0 aromatic heterocycles. The normalized spacial score (nSPS) is 23.1. The Hall–Kier alpha value is -1.07. The van der Waals surface area contributed by atoms with Crippen LogP contribution in [0.3, 0.4) is 0 Å². The highest BCUT2D eigenvalue weighted by molar-refractivity contribution is 9.10. The molecule has 98 valence electrons. The van der Waals surface area contributed by atoms with Crippen LogP contribution in [0.15, 0.2) is 16.6 Å². The van der Waals surface area contributed by atoms with Crippen LogP contribution in [0.4, 0.5) is 0 Å². The summed E-state index contributed by atoms with van der Waals surface area (Å²) in [6.45, 7) is 2.52. The molecular formula is C13H16BrNO3. The lowest BCUT2D eigenvalue weighted by atomic mass is 9.96. The zero-order chi connectivity index (χ0) is 13.3. The maximum absolute atomic E-state index is 11.0. The maximum Gasteiger partial charge on any atom is 0.307 e. The average molecular weight is 314 g/mol. The molecule has 2 atom stereocenters. The third-order valence-corrected chi connectivity index (χ3v) is 4.32. The molecule has 1 saturated heterocycles. The van der Waals surface area contributed by atoms with Gasteiger partial charge >= 0.3 is 5.97 Å². The standard InChI is InChI=1S/C13H16BrNO3/c1-7-9(14)3-4-11(18-2)12(7)10-5-8(6-15-10)13(16)17/h3-4,8,10,15H,5-6H2,1-2H3,(H,16,17). The van der Waals surface area contributed by atoms with Crippen LogP contribution in [0.25, 0.3) is 0 Å². The van der Waals surface area contributed by atoms with Gasteiger partial charge < -0.3 is 15.2 Å². The molecule has 2 rings (SSSR count). The predicted octanol–water partition coefficient (Wildman–Crippen LogP) is 2.50. The van der Waals surface area contributed by atoms with Crippen molar-refractivity contribution in [2.24, 2.45) is 5.92 Å². The largest absolute Gasteiger partial charge is 0.496 e. The van der Waals surface area contributed by atoms with Crippen LogP contribution in [0.1, 0.15) is 23.6 Å². The van der Waals surface area contributed by atoms with Crippen molar-refractivity contribution in [3.8, 4) is 5.75 Å². The summed E-state index contributed by atoms with van der Waals surface area (Å²) < 4.78 is 6.39. The third-order valence-electron chi connectivity index (χ3n) is 3.46. The molecule has 1 aliphatic rings. The molecule has 2 N–H and O–H groups in total. The van der Waals surface area contributed by atoms with E-state index in [1.165, 1.54) is 0 Å². The SMILES string of the molecule is COc1ccc(Br)c(C)c1C1CC(C(=O)O)CN1. The van der Waals surface area contributed by atoms with E-state index >= 15 is 0 Å². The number of rotatable bonds is 3. The molecule has 0 aliphatic carbocycles. The van der Waals surface area contributed by atoms with Crippen molar-refractivity contribution < 1.29 is 14.6 Å². The highest BCUT2D eigenvalue weighted by Crippen LogP contribution is 2.38. The minimum atomic E-state index is -0.739. The molecule has 5 heteroatoms. The van der Waals surface area contributed by atoms with E-state index in [2.05, 4.69) is 21.2 Å². The van der Waals surface area contributed by atoms with Gasteiger partial charge in [0.1, 0.15) is 5.75 Å². The second-order valence-corrected chi connectivity index (χ2v) is 5.37. The fraction of sp³-hybridized carbons (Fsp3) is 0.462. The number of halogens is 1. The van der Waals surface area contributed by atoms with Crippen molar-refractivity contribution >= 4 is 21.9 Å². The van der Waals surface area contributed by atoms with E-state index < -0.39 is 5.97 Å². The molecule has 0 radical (unpaired) electrons. The van der Waals surface area contributed by atoms with Gasteiger partial charge in [-0.1, -0.05) is 15.9 Å². The Kier molecular flexibility index (Phi) is 3.92. The van der Waals surface area contributed by atoms with Gasteiger partial charge in [0.25, 0.3) is 0 Å². The van der Waals surface area contributed by atoms with E-state index in [1.54, 1.807) is 7.11 Å². The predicted molar refractivity (Wildman–Crippen MR) is 71.9 cm³/mol. The summed E-state index contributed by atoms with van der Waals surface area (Å²) in [6.07, 6.45) is 0.600. The fourth-order valence-corrected chi connectivity index (χ4v) is 2.78. The van der Waals surface area contributed by atoms with E-state index in [9.17, 15) is 4.79 Å². The highest BCUT2D eigenvalue weighted by atomic mass is 79.9. The zero-order valence-electron chi connectivity index (χ0n) is 10.4. The Labute approximate surface area is 114 Å². The van der Waals surface area contributed by atoms with Crippen LogP contribution in [0.2, 0.25) is 0 Å². The number of nitrogens with one attached hydrogen (secondary N) is 1. The van der Waals surface area contributed by atoms with Gasteiger partial charge in [-0.15, -0.1) is 0 Å². The van der Waals surface area contributed by atoms with E-state index in [0.717, 1.165) is 21.3 Å². The Balaban J connectivity index is 2.34. The quantitative estimate of drug-likeness (QED) is 0.900. The lowest BCUT2D eigenvalue weighted by Crippen LogP contribution is -2.18. The number of methoxy groups -OCH3 is 1. The third kappa shape index (κ3) is 2.37. The van der Waals surface area contributed by atoms with E-state index in [1.807, 2.05) is 19.1 Å². The molecule has 4 nitrogen and oxygen atoms in total. The number of hydrogen-bond acceptors (Lipinski definition) is 3. The lowest BCUT2D eigenvalue weighted by molar-refractivity contribution is -0.141. The Morgan fingerprint density at radius 2 is 2.28 bits per heavy atom. The van der Waals surface area contributed by atoms with E-state index in [-0.39, 0.29) is 12.0 Å². The van der Waals surface area contributed by atoms with Crippen molar-refractivity contribution in [1.82, 2.24) is 5.32 Å². The van der Waals surface area contributed by atoms with Gasteiger partial charge in [0.05, 0.1) is 13.0 Å². The summed E-state index contributed by atoms with van der Waals surface area (Å²) in [5.74, 6) is -0.256. The number of hydrogen-bond donors (Lipinski definition) is 2. The molecule has 1 aromatic carbocycles. The monoisotopic (exact) mass is 313 g/mol. The van der Waals surface area contributed by atoms with E-state index in [0.29, 0.717) is 13.0 Å². The Morgan fingerprint density at radius 1 is 1.56 bits per heavy atom. The molecule has 18 heavy (non-hydrogen) atoms. The average Bonchev–Trinajstić information content (AvgIpc) is 2.81. The first-order valence-corrected chi connectivity index (χ1v) is 6.63. The summed E-state index contributed by atoms with van der Waals surface area (Å²) >= 11 is 3.50. The van der Waals surface area contributed by atoms with Gasteiger partial charge in [-0.25, -0.2) is 0 Å². The molecule has 1 aliphatic heterocycles. The van der Waals surface area contributed by atoms with Gasteiger partial charge in [0.2, 0.25) is 0 Å². The minimum Gasteiger partial charge on any atom is -0.496 e. The number of aliphatic carboxylic acids is 1. The van der Waals surface area contributed by atoms with Crippen molar-refractivity contribution in [3.05, 3.63) is 27.7 Å². The van der Waals surface area contributed by atoms with Gasteiger partial charge in [-0.2, -0.15) is 0 Å². The maximum atomic E-state index is 11.0. The van der Waals surface area contributed by atoms with Crippen LogP contribution < -0.4 is 10.1 Å². The number of benzene rings is 1. The van der Waals surface area contributed by atoms with Gasteiger partial charge in [0, 0.05) is 22.6 Å². The Morgan fingerprint density at radius 3 is 2.83 bits per heavy atom. The number of carboxylic acid groups (broad SMARTS) is 1. The van der Waals surface area contributed by atoms with Crippen molar-refractivity contribution in [2.75, 3.05) is 13.7 Å². The van der Waals surface area contributed by atoms with Crippen molar-refractivity contribution in [1.29, 1.82) is 0 Å². The minimum absolute atomic E-state index is 0.0403. The zero-order valence-corrected chi connectivity index (χ0v) is 12.0. The summed E-state index contributed by atoms with van der Waals surface area (Å²) in [5, 5.41) is 12.3. The van der Waals surface area contributed by atoms with Crippen LogP contribution in [0.5, 0.6) is 5.75 Å². The van der Waals surface area contributed by atoms with Crippen LogP contribution in [-0.4, -0.2) is 24.7 Å². The molecular weight excluding hydrogens is 298 g/mol. The second-order valence-electron chi connectivity index (χ2n) is 4.52. The van der Waals surface area contributed by atoms with Crippen LogP contribution in [-0.2, 0) is 4.79 Å². The number of carboxylic acids is 1. The van der Waals surface area contributed by atoms with E-state index in [4.69, 9.17) is 9.84 Å². The molecule has 1 heterocycles. The number of carbonyl (C=O) groups is 1. The molecule has 1 aromatic rings. The lowest BCUT2D eigenvalue weighted by Gasteiger charge is -2.18. The van der Waals surface area contributed by atoms with Crippen molar-refractivity contribution in [3.63, 3.8) is 0 Å². The van der Waals surface area contributed by atoms with Crippen LogP contribution >= 0.6 is 15.9 Å². The fourth-order valence-electron chi connectivity index (χ4n) is 2.43. The van der Waals surface area contributed by atoms with Crippen LogP contribution in [0, 0.1) is 12.8 Å². The second kappa shape index (κ2) is 5.28. The smallest absolute Gasteiger partial charge is 0.307 e. The topological polar surface area (TPSA) is 58.6 Å². The highest BCUT2D eigenvalue weighted by Gasteiger charge is 2.32. The molecule has 0 amide bonds. The van der Waals surface area contributed by atoms with Gasteiger partial charge in [0.15, 0.2) is 0 Å². The summed E-state index contributed by atoms with van der Waals surface area (Å²) in [4.78, 5) is 11.0. The van der Waals surface area contributed by atoms with Gasteiger partial charge in [-0.3, -0.25) is 4.79 Å². The molecule has 0 spiro atoms. The first-order chi connectivity index (χ1) is 8.54. The summed E-state index contributed by atoms with van der Waals surface area (Å²) in [6, 6.07) is 3.89. The summed E-state index contributed by atoms with van der Waals surface area (Å²) in [7, 11) is 1.63. The van der Waals surface area contributed by atoms with Crippen molar-refractivity contribution in [2.45, 2.75) is 19.4 Å². The molecule has 0 saturated carbocycles. The van der Waals surface area contributed by atoms with Gasteiger partial charge in [-0.05, 0) is 31.0 Å². The first-order valence-electron chi connectivity index (χ1n) is 5.83. The summed E-state index contributed by atoms with van der Waals surface area (Å²) in [5.41, 5.74) is 2.15. The number of ether oxygens (including phenoxy) is 1. The molecule has 2 unspecified atom stereocenters. The Bertz CT molecular complexity index is 476. The first kappa shape index (κ1) is 13.4.